The van der Waals surface area contributed by atoms with Gasteiger partial charge in [0.15, 0.2) is 0 Å². The molecule has 0 bridgehead atoms. The van der Waals surface area contributed by atoms with Crippen LogP contribution in [-0.4, -0.2) is 17.8 Å². The summed E-state index contributed by atoms with van der Waals surface area (Å²) in [4.78, 5) is 0. The molecule has 14 heavy (non-hydrogen) atoms. The van der Waals surface area contributed by atoms with Crippen LogP contribution in [0, 0.1) is 5.82 Å². The van der Waals surface area contributed by atoms with Gasteiger partial charge in [-0.2, -0.15) is 0 Å². The summed E-state index contributed by atoms with van der Waals surface area (Å²) in [6.07, 6.45) is 0. The smallest absolute Gasteiger partial charge is 0.141 e. The zero-order valence-electron chi connectivity index (χ0n) is 7.93. The number of rotatable bonds is 4. The van der Waals surface area contributed by atoms with Crippen molar-refractivity contribution in [2.45, 2.75) is 19.5 Å². The maximum Gasteiger partial charge on any atom is 0.141 e. The van der Waals surface area contributed by atoms with E-state index in [2.05, 4.69) is 5.32 Å². The van der Waals surface area contributed by atoms with E-state index in [1.54, 1.807) is 12.1 Å². The normalized spacial score (nSPS) is 12.9. The first-order chi connectivity index (χ1) is 6.63. The van der Waals surface area contributed by atoms with Crippen molar-refractivity contribution in [1.82, 2.24) is 5.32 Å². The number of nitrogens with one attached hydrogen (secondary N) is 1. The molecule has 1 rings (SSSR count). The lowest BCUT2D eigenvalue weighted by Gasteiger charge is -2.10. The van der Waals surface area contributed by atoms with Gasteiger partial charge in [-0.05, 0) is 24.6 Å². The van der Waals surface area contributed by atoms with E-state index in [9.17, 15) is 4.39 Å². The summed E-state index contributed by atoms with van der Waals surface area (Å²) < 4.78 is 12.8. The minimum Gasteiger partial charge on any atom is -0.395 e. The molecule has 0 fully saturated rings. The molecule has 1 aromatic carbocycles. The van der Waals surface area contributed by atoms with Gasteiger partial charge >= 0.3 is 0 Å². The van der Waals surface area contributed by atoms with Gasteiger partial charge < -0.3 is 10.4 Å². The molecule has 4 heteroatoms. The Balaban J connectivity index is 2.55. The molecule has 0 saturated heterocycles. The average Bonchev–Trinajstić information content (AvgIpc) is 2.19. The third-order valence-electron chi connectivity index (χ3n) is 1.91. The minimum atomic E-state index is -0.411. The van der Waals surface area contributed by atoms with E-state index in [-0.39, 0.29) is 17.7 Å². The van der Waals surface area contributed by atoms with Crippen LogP contribution < -0.4 is 5.32 Å². The van der Waals surface area contributed by atoms with Crippen molar-refractivity contribution in [3.63, 3.8) is 0 Å². The highest BCUT2D eigenvalue weighted by atomic mass is 35.5. The second kappa shape index (κ2) is 5.29. The summed E-state index contributed by atoms with van der Waals surface area (Å²) in [6.45, 7) is 2.52. The SMILES string of the molecule is C[C@H](CO)NCc1ccc(F)c(Cl)c1. The first-order valence-electron chi connectivity index (χ1n) is 4.41. The Morgan fingerprint density at radius 3 is 2.86 bits per heavy atom. The van der Waals surface area contributed by atoms with E-state index in [1.807, 2.05) is 6.92 Å². The molecule has 0 aromatic heterocycles. The Hall–Kier alpha value is -0.640. The molecular weight excluding hydrogens is 205 g/mol. The molecule has 0 spiro atoms. The third-order valence-corrected chi connectivity index (χ3v) is 2.20. The predicted octanol–water partition coefficient (Wildman–Crippen LogP) is 1.95. The summed E-state index contributed by atoms with van der Waals surface area (Å²) in [6, 6.07) is 4.61. The van der Waals surface area contributed by atoms with Gasteiger partial charge in [0.2, 0.25) is 0 Å². The predicted molar refractivity (Wildman–Crippen MR) is 54.8 cm³/mol. The van der Waals surface area contributed by atoms with Crippen molar-refractivity contribution in [2.75, 3.05) is 6.61 Å². The third kappa shape index (κ3) is 3.25. The Bertz CT molecular complexity index is 306. The molecule has 0 aliphatic carbocycles. The van der Waals surface area contributed by atoms with E-state index in [1.165, 1.54) is 6.07 Å². The summed E-state index contributed by atoms with van der Waals surface area (Å²) >= 11 is 5.61. The summed E-state index contributed by atoms with van der Waals surface area (Å²) in [5.74, 6) is -0.411. The summed E-state index contributed by atoms with van der Waals surface area (Å²) in [5, 5.41) is 12.0. The van der Waals surface area contributed by atoms with E-state index in [0.717, 1.165) is 5.56 Å². The number of aliphatic hydroxyl groups is 1. The van der Waals surface area contributed by atoms with Gasteiger partial charge in [-0.15, -0.1) is 0 Å². The fraction of sp³-hybridized carbons (Fsp3) is 0.400. The zero-order chi connectivity index (χ0) is 10.6. The molecule has 0 unspecified atom stereocenters. The van der Waals surface area contributed by atoms with Crippen LogP contribution in [0.5, 0.6) is 0 Å². The lowest BCUT2D eigenvalue weighted by Crippen LogP contribution is -2.28. The van der Waals surface area contributed by atoms with Crippen LogP contribution in [0.25, 0.3) is 0 Å². The highest BCUT2D eigenvalue weighted by molar-refractivity contribution is 6.30. The first-order valence-corrected chi connectivity index (χ1v) is 4.79. The van der Waals surface area contributed by atoms with Crippen molar-refractivity contribution in [3.8, 4) is 0 Å². The van der Waals surface area contributed by atoms with Crippen LogP contribution in [0.15, 0.2) is 18.2 Å². The van der Waals surface area contributed by atoms with Gasteiger partial charge in [0.05, 0.1) is 11.6 Å². The fourth-order valence-corrected chi connectivity index (χ4v) is 1.21. The van der Waals surface area contributed by atoms with Crippen LogP contribution in [-0.2, 0) is 6.54 Å². The van der Waals surface area contributed by atoms with Crippen molar-refractivity contribution >= 4 is 11.6 Å². The van der Waals surface area contributed by atoms with Crippen molar-refractivity contribution in [1.29, 1.82) is 0 Å². The molecule has 1 aromatic rings. The average molecular weight is 218 g/mol. The van der Waals surface area contributed by atoms with Gasteiger partial charge in [0, 0.05) is 12.6 Å². The number of benzene rings is 1. The van der Waals surface area contributed by atoms with E-state index < -0.39 is 5.82 Å². The molecule has 0 heterocycles. The van der Waals surface area contributed by atoms with Crippen molar-refractivity contribution in [3.05, 3.63) is 34.6 Å². The number of aliphatic hydroxyl groups excluding tert-OH is 1. The summed E-state index contributed by atoms with van der Waals surface area (Å²) in [5.41, 5.74) is 0.900. The minimum absolute atomic E-state index is 0.0267. The number of hydrogen-bond donors (Lipinski definition) is 2. The lowest BCUT2D eigenvalue weighted by molar-refractivity contribution is 0.251. The molecule has 0 radical (unpaired) electrons. The molecular formula is C10H13ClFNO. The second-order valence-electron chi connectivity index (χ2n) is 3.21. The van der Waals surface area contributed by atoms with E-state index >= 15 is 0 Å². The van der Waals surface area contributed by atoms with Crippen LogP contribution in [0.2, 0.25) is 5.02 Å². The molecule has 0 aliphatic heterocycles. The van der Waals surface area contributed by atoms with Crippen molar-refractivity contribution in [2.24, 2.45) is 0 Å². The van der Waals surface area contributed by atoms with Crippen molar-refractivity contribution < 1.29 is 9.50 Å². The van der Waals surface area contributed by atoms with E-state index in [4.69, 9.17) is 16.7 Å². The molecule has 0 amide bonds. The topological polar surface area (TPSA) is 32.3 Å². The van der Waals surface area contributed by atoms with Crippen LogP contribution in [0.1, 0.15) is 12.5 Å². The molecule has 2 nitrogen and oxygen atoms in total. The molecule has 78 valence electrons. The monoisotopic (exact) mass is 217 g/mol. The lowest BCUT2D eigenvalue weighted by atomic mass is 10.2. The number of halogens is 2. The number of hydrogen-bond acceptors (Lipinski definition) is 2. The second-order valence-corrected chi connectivity index (χ2v) is 3.62. The highest BCUT2D eigenvalue weighted by Crippen LogP contribution is 2.15. The Labute approximate surface area is 87.7 Å². The van der Waals surface area contributed by atoms with Gasteiger partial charge in [-0.1, -0.05) is 17.7 Å². The van der Waals surface area contributed by atoms with Crippen LogP contribution in [0.4, 0.5) is 4.39 Å². The fourth-order valence-electron chi connectivity index (χ4n) is 1.01. The van der Waals surface area contributed by atoms with Gasteiger partial charge in [0.1, 0.15) is 5.82 Å². The van der Waals surface area contributed by atoms with E-state index in [0.29, 0.717) is 6.54 Å². The Morgan fingerprint density at radius 2 is 2.29 bits per heavy atom. The maximum atomic E-state index is 12.8. The highest BCUT2D eigenvalue weighted by Gasteiger charge is 2.02. The van der Waals surface area contributed by atoms with Gasteiger partial charge in [0.25, 0.3) is 0 Å². The zero-order valence-corrected chi connectivity index (χ0v) is 8.68. The Kier molecular flexibility index (Phi) is 4.32. The molecule has 1 atom stereocenters. The van der Waals surface area contributed by atoms with Gasteiger partial charge in [-0.25, -0.2) is 4.39 Å². The van der Waals surface area contributed by atoms with Crippen LogP contribution in [0.3, 0.4) is 0 Å². The quantitative estimate of drug-likeness (QED) is 0.808. The Morgan fingerprint density at radius 1 is 1.57 bits per heavy atom. The first kappa shape index (κ1) is 11.4. The van der Waals surface area contributed by atoms with Gasteiger partial charge in [-0.3, -0.25) is 0 Å². The standard InChI is InChI=1S/C10H13ClFNO/c1-7(6-14)13-5-8-2-3-10(12)9(11)4-8/h2-4,7,13-14H,5-6H2,1H3/t7-/m1/s1. The largest absolute Gasteiger partial charge is 0.395 e. The molecule has 0 saturated carbocycles. The maximum absolute atomic E-state index is 12.8. The molecule has 0 aliphatic rings. The molecule has 2 N–H and O–H groups in total. The van der Waals surface area contributed by atoms with Crippen LogP contribution >= 0.6 is 11.6 Å². The summed E-state index contributed by atoms with van der Waals surface area (Å²) in [7, 11) is 0.